The standard InChI is InChI=1S/C20H19BrN2O5/c21-14-6-4-13(5-7-14)18(25)16-17(15-3-1-2-8-22-15)23(20(27)19(16)26)9-11-28-12-10-24/h1-8,17,24-25H,9-12H2. The van der Waals surface area contributed by atoms with Crippen molar-refractivity contribution in [1.29, 1.82) is 0 Å². The van der Waals surface area contributed by atoms with Crippen LogP contribution in [0.4, 0.5) is 0 Å². The second-order valence-electron chi connectivity index (χ2n) is 6.09. The molecule has 1 aromatic heterocycles. The second-order valence-corrected chi connectivity index (χ2v) is 7.01. The minimum Gasteiger partial charge on any atom is -0.507 e. The molecule has 28 heavy (non-hydrogen) atoms. The Hall–Kier alpha value is -2.55. The van der Waals surface area contributed by atoms with Gasteiger partial charge >= 0.3 is 0 Å². The molecule has 1 amide bonds. The smallest absolute Gasteiger partial charge is 0.295 e. The van der Waals surface area contributed by atoms with Crippen LogP contribution < -0.4 is 0 Å². The Morgan fingerprint density at radius 2 is 1.89 bits per heavy atom. The van der Waals surface area contributed by atoms with Gasteiger partial charge in [-0.25, -0.2) is 0 Å². The number of aromatic nitrogens is 1. The fourth-order valence-electron chi connectivity index (χ4n) is 3.05. The van der Waals surface area contributed by atoms with Crippen molar-refractivity contribution in [2.24, 2.45) is 0 Å². The van der Waals surface area contributed by atoms with E-state index in [-0.39, 0.29) is 37.7 Å². The molecular weight excluding hydrogens is 428 g/mol. The van der Waals surface area contributed by atoms with Crippen LogP contribution in [0.15, 0.2) is 58.7 Å². The number of benzene rings is 1. The summed E-state index contributed by atoms with van der Waals surface area (Å²) in [6.45, 7) is 0.279. The highest BCUT2D eigenvalue weighted by atomic mass is 79.9. The lowest BCUT2D eigenvalue weighted by molar-refractivity contribution is -0.140. The van der Waals surface area contributed by atoms with Gasteiger partial charge in [-0.2, -0.15) is 0 Å². The minimum absolute atomic E-state index is 0.00631. The van der Waals surface area contributed by atoms with Crippen LogP contribution in [0.25, 0.3) is 5.76 Å². The van der Waals surface area contributed by atoms with Crippen molar-refractivity contribution in [3.8, 4) is 0 Å². The largest absolute Gasteiger partial charge is 0.507 e. The van der Waals surface area contributed by atoms with Crippen LogP contribution in [0.5, 0.6) is 0 Å². The third-order valence-electron chi connectivity index (χ3n) is 4.34. The van der Waals surface area contributed by atoms with Gasteiger partial charge in [-0.1, -0.05) is 34.1 Å². The predicted molar refractivity (Wildman–Crippen MR) is 105 cm³/mol. The van der Waals surface area contributed by atoms with E-state index in [4.69, 9.17) is 9.84 Å². The van der Waals surface area contributed by atoms with Gasteiger partial charge in [-0.05, 0) is 24.3 Å². The number of halogens is 1. The lowest BCUT2D eigenvalue weighted by Gasteiger charge is -2.24. The Morgan fingerprint density at radius 1 is 1.14 bits per heavy atom. The number of nitrogens with zero attached hydrogens (tertiary/aromatic N) is 2. The molecule has 0 aliphatic carbocycles. The van der Waals surface area contributed by atoms with Gasteiger partial charge in [-0.3, -0.25) is 14.6 Å². The Labute approximate surface area is 170 Å². The van der Waals surface area contributed by atoms with E-state index in [9.17, 15) is 14.7 Å². The van der Waals surface area contributed by atoms with E-state index in [2.05, 4.69) is 20.9 Å². The first kappa shape index (κ1) is 20.2. The molecule has 0 bridgehead atoms. The molecule has 146 valence electrons. The third-order valence-corrected chi connectivity index (χ3v) is 4.87. The zero-order valence-corrected chi connectivity index (χ0v) is 16.5. The molecule has 0 saturated carbocycles. The summed E-state index contributed by atoms with van der Waals surface area (Å²) in [7, 11) is 0. The van der Waals surface area contributed by atoms with Gasteiger partial charge in [0, 0.05) is 22.8 Å². The van der Waals surface area contributed by atoms with Gasteiger partial charge in [0.15, 0.2) is 0 Å². The van der Waals surface area contributed by atoms with Crippen LogP contribution in [-0.2, 0) is 14.3 Å². The molecule has 3 rings (SSSR count). The molecule has 0 radical (unpaired) electrons. The van der Waals surface area contributed by atoms with Gasteiger partial charge in [0.1, 0.15) is 11.8 Å². The van der Waals surface area contributed by atoms with E-state index in [0.29, 0.717) is 11.3 Å². The summed E-state index contributed by atoms with van der Waals surface area (Å²) in [5, 5.41) is 19.7. The summed E-state index contributed by atoms with van der Waals surface area (Å²) in [4.78, 5) is 31.0. The summed E-state index contributed by atoms with van der Waals surface area (Å²) < 4.78 is 6.07. The normalized spacial score (nSPS) is 18.6. The zero-order chi connectivity index (χ0) is 20.1. The molecule has 2 heterocycles. The Balaban J connectivity index is 2.03. The number of ketones is 1. The molecule has 7 nitrogen and oxygen atoms in total. The molecule has 1 atom stereocenters. The first-order valence-electron chi connectivity index (χ1n) is 8.68. The van der Waals surface area contributed by atoms with Crippen LogP contribution in [0.3, 0.4) is 0 Å². The maximum Gasteiger partial charge on any atom is 0.295 e. The van der Waals surface area contributed by atoms with Crippen molar-refractivity contribution >= 4 is 33.4 Å². The number of amides is 1. The van der Waals surface area contributed by atoms with Crippen LogP contribution in [0.1, 0.15) is 17.3 Å². The van der Waals surface area contributed by atoms with Crippen molar-refractivity contribution in [3.05, 3.63) is 70.0 Å². The second kappa shape index (κ2) is 9.09. The molecule has 1 fully saturated rings. The number of aliphatic hydroxyl groups is 2. The molecule has 1 unspecified atom stereocenters. The van der Waals surface area contributed by atoms with Crippen molar-refractivity contribution in [2.75, 3.05) is 26.4 Å². The fourth-order valence-corrected chi connectivity index (χ4v) is 3.31. The Bertz CT molecular complexity index is 883. The lowest BCUT2D eigenvalue weighted by Crippen LogP contribution is -2.33. The fraction of sp³-hybridized carbons (Fsp3) is 0.250. The number of aliphatic hydroxyl groups excluding tert-OH is 2. The van der Waals surface area contributed by atoms with Crippen LogP contribution >= 0.6 is 15.9 Å². The van der Waals surface area contributed by atoms with E-state index >= 15 is 0 Å². The van der Waals surface area contributed by atoms with E-state index in [1.54, 1.807) is 48.7 Å². The number of Topliss-reactive ketones (excluding diaryl/α,β-unsaturated/α-hetero) is 1. The monoisotopic (exact) mass is 446 g/mol. The molecule has 1 aliphatic rings. The van der Waals surface area contributed by atoms with Crippen molar-refractivity contribution in [2.45, 2.75) is 6.04 Å². The van der Waals surface area contributed by atoms with Crippen LogP contribution in [0.2, 0.25) is 0 Å². The molecule has 2 N–H and O–H groups in total. The highest BCUT2D eigenvalue weighted by Gasteiger charge is 2.46. The molecule has 2 aromatic rings. The van der Waals surface area contributed by atoms with Crippen LogP contribution in [-0.4, -0.2) is 58.2 Å². The van der Waals surface area contributed by atoms with Gasteiger partial charge in [0.25, 0.3) is 11.7 Å². The summed E-state index contributed by atoms with van der Waals surface area (Å²) in [6.07, 6.45) is 1.57. The number of pyridine rings is 1. The molecule has 0 spiro atoms. The van der Waals surface area contributed by atoms with Gasteiger partial charge in [0.05, 0.1) is 31.1 Å². The number of likely N-dealkylation sites (tertiary alicyclic amines) is 1. The average molecular weight is 447 g/mol. The van der Waals surface area contributed by atoms with Gasteiger partial charge in [0.2, 0.25) is 0 Å². The van der Waals surface area contributed by atoms with Crippen molar-refractivity contribution < 1.29 is 24.5 Å². The van der Waals surface area contributed by atoms with E-state index in [0.717, 1.165) is 4.47 Å². The molecule has 1 aromatic carbocycles. The number of hydrogen-bond acceptors (Lipinski definition) is 6. The van der Waals surface area contributed by atoms with Gasteiger partial charge < -0.3 is 19.8 Å². The average Bonchev–Trinajstić information content (AvgIpc) is 2.97. The quantitative estimate of drug-likeness (QED) is 0.293. The van der Waals surface area contributed by atoms with Crippen LogP contribution in [0, 0.1) is 0 Å². The predicted octanol–water partition coefficient (Wildman–Crippen LogP) is 2.27. The van der Waals surface area contributed by atoms with E-state index in [1.165, 1.54) is 4.90 Å². The summed E-state index contributed by atoms with van der Waals surface area (Å²) in [5.41, 5.74) is 0.898. The summed E-state index contributed by atoms with van der Waals surface area (Å²) >= 11 is 3.33. The van der Waals surface area contributed by atoms with Gasteiger partial charge in [-0.15, -0.1) is 0 Å². The number of carbonyl (C=O) groups excluding carboxylic acids is 2. The van der Waals surface area contributed by atoms with Crippen molar-refractivity contribution in [1.82, 2.24) is 9.88 Å². The van der Waals surface area contributed by atoms with Crippen molar-refractivity contribution in [3.63, 3.8) is 0 Å². The lowest BCUT2D eigenvalue weighted by atomic mass is 9.98. The van der Waals surface area contributed by atoms with E-state index in [1.807, 2.05) is 0 Å². The third kappa shape index (κ3) is 4.14. The first-order valence-corrected chi connectivity index (χ1v) is 9.47. The van der Waals surface area contributed by atoms with E-state index < -0.39 is 17.7 Å². The highest BCUT2D eigenvalue weighted by molar-refractivity contribution is 9.10. The highest BCUT2D eigenvalue weighted by Crippen LogP contribution is 2.38. The molecule has 8 heteroatoms. The Kier molecular flexibility index (Phi) is 6.56. The maximum absolute atomic E-state index is 12.7. The number of ether oxygens (including phenoxy) is 1. The number of carbonyl (C=O) groups is 2. The molecule has 1 aliphatic heterocycles. The summed E-state index contributed by atoms with van der Waals surface area (Å²) in [6, 6.07) is 11.2. The number of hydrogen-bond donors (Lipinski definition) is 2. The maximum atomic E-state index is 12.7. The summed E-state index contributed by atoms with van der Waals surface area (Å²) in [5.74, 6) is -1.74. The minimum atomic E-state index is -0.817. The topological polar surface area (TPSA) is 100.0 Å². The molecule has 1 saturated heterocycles. The number of rotatable bonds is 7. The SMILES string of the molecule is O=C1C(=O)N(CCOCCO)C(c2ccccn2)C1=C(O)c1ccc(Br)cc1. The zero-order valence-electron chi connectivity index (χ0n) is 14.9. The molecular formula is C20H19BrN2O5. The Morgan fingerprint density at radius 3 is 2.54 bits per heavy atom. The first-order chi connectivity index (χ1) is 13.5.